The van der Waals surface area contributed by atoms with Crippen LogP contribution in [0.4, 0.5) is 5.82 Å². The maximum atomic E-state index is 12.5. The molecule has 194 valence electrons. The molecule has 7 nitrogen and oxygen atoms in total. The van der Waals surface area contributed by atoms with Gasteiger partial charge in [-0.05, 0) is 79.4 Å². The molecule has 3 aromatic rings. The Morgan fingerprint density at radius 1 is 1.14 bits per heavy atom. The number of ether oxygens (including phenoxy) is 1. The summed E-state index contributed by atoms with van der Waals surface area (Å²) in [5, 5.41) is 1.25. The number of benzene rings is 2. The number of aryl methyl sites for hydroxylation is 1. The highest BCUT2D eigenvalue weighted by molar-refractivity contribution is 7.13. The third-order valence-corrected chi connectivity index (χ3v) is 9.23. The van der Waals surface area contributed by atoms with Gasteiger partial charge in [0, 0.05) is 38.1 Å². The van der Waals surface area contributed by atoms with E-state index in [1.54, 1.807) is 11.5 Å². The zero-order valence-corrected chi connectivity index (χ0v) is 22.1. The summed E-state index contributed by atoms with van der Waals surface area (Å²) in [4.78, 5) is 29.8. The van der Waals surface area contributed by atoms with Gasteiger partial charge < -0.3 is 15.4 Å². The number of primary amides is 1. The van der Waals surface area contributed by atoms with E-state index >= 15 is 0 Å². The molecule has 0 radical (unpaired) electrons. The lowest BCUT2D eigenvalue weighted by Crippen LogP contribution is -2.47. The highest BCUT2D eigenvalue weighted by Crippen LogP contribution is 2.47. The summed E-state index contributed by atoms with van der Waals surface area (Å²) in [7, 11) is 0. The molecule has 2 atom stereocenters. The molecule has 2 heterocycles. The summed E-state index contributed by atoms with van der Waals surface area (Å²) in [6.07, 6.45) is 3.64. The minimum Gasteiger partial charge on any atom is -0.461 e. The number of carbonyl (C=O) groups excluding carboxylic acids is 2. The summed E-state index contributed by atoms with van der Waals surface area (Å²) >= 11 is 1.58. The molecule has 2 fully saturated rings. The van der Waals surface area contributed by atoms with Crippen LogP contribution in [0.2, 0.25) is 0 Å². The van der Waals surface area contributed by atoms with E-state index in [2.05, 4.69) is 46.2 Å². The van der Waals surface area contributed by atoms with E-state index in [4.69, 9.17) is 14.8 Å². The van der Waals surface area contributed by atoms with E-state index in [1.807, 2.05) is 13.0 Å². The van der Waals surface area contributed by atoms with Gasteiger partial charge in [0.2, 0.25) is 5.91 Å². The van der Waals surface area contributed by atoms with Crippen molar-refractivity contribution in [2.75, 3.05) is 37.6 Å². The van der Waals surface area contributed by atoms with E-state index in [0.29, 0.717) is 6.42 Å². The zero-order chi connectivity index (χ0) is 25.6. The molecule has 1 amide bonds. The first kappa shape index (κ1) is 24.4. The first-order valence-electron chi connectivity index (χ1n) is 13.4. The Morgan fingerprint density at radius 3 is 2.68 bits per heavy atom. The van der Waals surface area contributed by atoms with Gasteiger partial charge in [0.15, 0.2) is 0 Å². The van der Waals surface area contributed by atoms with E-state index in [9.17, 15) is 9.59 Å². The Bertz CT molecular complexity index is 1330. The van der Waals surface area contributed by atoms with Crippen LogP contribution in [0.5, 0.6) is 0 Å². The van der Waals surface area contributed by atoms with Gasteiger partial charge in [0.05, 0.1) is 16.0 Å². The van der Waals surface area contributed by atoms with Crippen LogP contribution in [-0.4, -0.2) is 60.0 Å². The van der Waals surface area contributed by atoms with Crippen LogP contribution in [0.1, 0.15) is 48.8 Å². The van der Waals surface area contributed by atoms with E-state index in [0.717, 1.165) is 75.4 Å². The molecule has 6 rings (SSSR count). The molecular weight excluding hydrogens is 484 g/mol. The fraction of sp³-hybridized carbons (Fsp3) is 0.483. The SMILES string of the molecule is CC1(C(=O)OC2CCc3cc(CCN4CCN(c5nsc6ccccc56)CC4)ccc3C2C(N)=O)CC1. The molecule has 2 aliphatic carbocycles. The number of fused-ring (bicyclic) bond motifs is 2. The average Bonchev–Trinajstić information content (AvgIpc) is 3.52. The second-order valence-corrected chi connectivity index (χ2v) is 11.8. The molecule has 37 heavy (non-hydrogen) atoms. The number of carbonyl (C=O) groups is 2. The summed E-state index contributed by atoms with van der Waals surface area (Å²) in [6.45, 7) is 6.94. The minimum absolute atomic E-state index is 0.188. The van der Waals surface area contributed by atoms with Crippen LogP contribution < -0.4 is 10.6 Å². The predicted molar refractivity (Wildman–Crippen MR) is 146 cm³/mol. The Kier molecular flexibility index (Phi) is 6.41. The number of rotatable bonds is 7. The number of amides is 1. The normalized spacial score (nSPS) is 23.0. The molecule has 8 heteroatoms. The molecule has 0 bridgehead atoms. The number of hydrogen-bond acceptors (Lipinski definition) is 7. The predicted octanol–water partition coefficient (Wildman–Crippen LogP) is 3.89. The van der Waals surface area contributed by atoms with Gasteiger partial charge in [0.25, 0.3) is 0 Å². The summed E-state index contributed by atoms with van der Waals surface area (Å²) < 4.78 is 11.8. The van der Waals surface area contributed by atoms with Crippen LogP contribution in [-0.2, 0) is 27.2 Å². The summed E-state index contributed by atoms with van der Waals surface area (Å²) in [5.41, 5.74) is 8.78. The number of aromatic nitrogens is 1. The molecule has 3 aliphatic rings. The maximum Gasteiger partial charge on any atom is 0.312 e. The second-order valence-electron chi connectivity index (χ2n) is 11.0. The Hall–Kier alpha value is -2.97. The highest BCUT2D eigenvalue weighted by Gasteiger charge is 2.48. The number of esters is 1. The van der Waals surface area contributed by atoms with Crippen molar-refractivity contribution in [3.8, 4) is 0 Å². The van der Waals surface area contributed by atoms with E-state index < -0.39 is 17.9 Å². The van der Waals surface area contributed by atoms with Crippen molar-refractivity contribution < 1.29 is 14.3 Å². The quantitative estimate of drug-likeness (QED) is 0.478. The van der Waals surface area contributed by atoms with Crippen molar-refractivity contribution in [2.45, 2.75) is 51.0 Å². The van der Waals surface area contributed by atoms with Gasteiger partial charge in [-0.2, -0.15) is 4.37 Å². The molecular formula is C29H34N4O3S. The maximum absolute atomic E-state index is 12.5. The van der Waals surface area contributed by atoms with Gasteiger partial charge >= 0.3 is 5.97 Å². The standard InChI is InChI=1S/C29H34N4O3S/c1-29(11-12-29)28(35)36-23-9-7-20-18-19(6-8-21(20)25(23)26(30)34)10-13-32-14-16-33(17-15-32)27-22-4-2-3-5-24(22)37-31-27/h2-6,8,18,23,25H,7,9-17H2,1H3,(H2,30,34). The number of anilines is 1. The van der Waals surface area contributed by atoms with Crippen LogP contribution in [0.25, 0.3) is 10.1 Å². The van der Waals surface area contributed by atoms with Gasteiger partial charge in [-0.25, -0.2) is 0 Å². The van der Waals surface area contributed by atoms with Crippen molar-refractivity contribution in [3.05, 3.63) is 59.2 Å². The smallest absolute Gasteiger partial charge is 0.312 e. The van der Waals surface area contributed by atoms with Crippen molar-refractivity contribution in [1.82, 2.24) is 9.27 Å². The Balaban J connectivity index is 1.06. The van der Waals surface area contributed by atoms with Gasteiger partial charge in [-0.3, -0.25) is 14.5 Å². The molecule has 2 aromatic carbocycles. The number of hydrogen-bond donors (Lipinski definition) is 1. The molecule has 1 saturated heterocycles. The first-order valence-corrected chi connectivity index (χ1v) is 14.1. The first-order chi connectivity index (χ1) is 17.9. The van der Waals surface area contributed by atoms with Gasteiger partial charge in [-0.15, -0.1) is 0 Å². The van der Waals surface area contributed by atoms with Gasteiger partial charge in [-0.1, -0.05) is 30.3 Å². The highest BCUT2D eigenvalue weighted by atomic mass is 32.1. The van der Waals surface area contributed by atoms with Crippen molar-refractivity contribution in [2.24, 2.45) is 11.1 Å². The lowest BCUT2D eigenvalue weighted by molar-refractivity contribution is -0.157. The monoisotopic (exact) mass is 518 g/mol. The van der Waals surface area contributed by atoms with Gasteiger partial charge in [0.1, 0.15) is 11.9 Å². The number of nitrogens with zero attached hydrogens (tertiary/aromatic N) is 3. The second kappa shape index (κ2) is 9.72. The Labute approximate surface area is 221 Å². The Morgan fingerprint density at radius 2 is 1.92 bits per heavy atom. The molecule has 2 unspecified atom stereocenters. The summed E-state index contributed by atoms with van der Waals surface area (Å²) in [6, 6.07) is 14.8. The summed E-state index contributed by atoms with van der Waals surface area (Å²) in [5.74, 6) is -0.0572. The molecule has 0 spiro atoms. The van der Waals surface area contributed by atoms with Crippen molar-refractivity contribution in [3.63, 3.8) is 0 Å². The van der Waals surface area contributed by atoms with Crippen LogP contribution in [0, 0.1) is 5.41 Å². The van der Waals surface area contributed by atoms with E-state index in [-0.39, 0.29) is 11.4 Å². The lowest BCUT2D eigenvalue weighted by atomic mass is 9.79. The zero-order valence-electron chi connectivity index (χ0n) is 21.3. The molecule has 1 aliphatic heterocycles. The molecule has 1 saturated carbocycles. The third kappa shape index (κ3) is 4.84. The largest absolute Gasteiger partial charge is 0.461 e. The fourth-order valence-corrected chi connectivity index (χ4v) is 6.50. The van der Waals surface area contributed by atoms with Crippen LogP contribution in [0.15, 0.2) is 42.5 Å². The van der Waals surface area contributed by atoms with Crippen molar-refractivity contribution in [1.29, 1.82) is 0 Å². The van der Waals surface area contributed by atoms with Crippen LogP contribution >= 0.6 is 11.5 Å². The number of piperazine rings is 1. The minimum atomic E-state index is -0.570. The van der Waals surface area contributed by atoms with Crippen LogP contribution in [0.3, 0.4) is 0 Å². The molecule has 2 N–H and O–H groups in total. The lowest BCUT2D eigenvalue weighted by Gasteiger charge is -2.35. The number of nitrogens with two attached hydrogens (primary N) is 1. The van der Waals surface area contributed by atoms with Crippen molar-refractivity contribution >= 4 is 39.3 Å². The average molecular weight is 519 g/mol. The van der Waals surface area contributed by atoms with E-state index in [1.165, 1.54) is 15.6 Å². The topological polar surface area (TPSA) is 88.8 Å². The third-order valence-electron chi connectivity index (χ3n) is 8.42. The molecule has 1 aromatic heterocycles. The fourth-order valence-electron chi connectivity index (χ4n) is 5.71.